The van der Waals surface area contributed by atoms with E-state index >= 15 is 0 Å². The highest BCUT2D eigenvalue weighted by molar-refractivity contribution is 5.42. The SMILES string of the molecule is CC(C)(C)c1ccccc1Oc1cccnc1CN. The molecule has 0 unspecified atom stereocenters. The molecule has 0 saturated carbocycles. The van der Waals surface area contributed by atoms with Gasteiger partial charge in [0.1, 0.15) is 11.5 Å². The van der Waals surface area contributed by atoms with Gasteiger partial charge in [0, 0.05) is 18.3 Å². The summed E-state index contributed by atoms with van der Waals surface area (Å²) in [5, 5.41) is 0. The number of ether oxygens (including phenoxy) is 1. The van der Waals surface area contributed by atoms with Crippen LogP contribution in [0.1, 0.15) is 32.0 Å². The van der Waals surface area contributed by atoms with Gasteiger partial charge in [0.15, 0.2) is 0 Å². The van der Waals surface area contributed by atoms with Crippen LogP contribution in [-0.2, 0) is 12.0 Å². The third-order valence-corrected chi connectivity index (χ3v) is 2.96. The Labute approximate surface area is 114 Å². The van der Waals surface area contributed by atoms with Crippen LogP contribution in [0.3, 0.4) is 0 Å². The molecule has 2 N–H and O–H groups in total. The average Bonchev–Trinajstić information content (AvgIpc) is 2.39. The van der Waals surface area contributed by atoms with Crippen LogP contribution in [0.4, 0.5) is 0 Å². The fourth-order valence-electron chi connectivity index (χ4n) is 1.96. The third-order valence-electron chi connectivity index (χ3n) is 2.96. The highest BCUT2D eigenvalue weighted by Crippen LogP contribution is 2.34. The first-order valence-electron chi connectivity index (χ1n) is 6.43. The predicted molar refractivity (Wildman–Crippen MR) is 77.3 cm³/mol. The maximum Gasteiger partial charge on any atom is 0.150 e. The lowest BCUT2D eigenvalue weighted by Gasteiger charge is -2.22. The molecule has 0 aliphatic rings. The Kier molecular flexibility index (Phi) is 3.86. The second-order valence-corrected chi connectivity index (χ2v) is 5.50. The first-order chi connectivity index (χ1) is 9.02. The van der Waals surface area contributed by atoms with Gasteiger partial charge in [0.25, 0.3) is 0 Å². The number of aromatic nitrogens is 1. The Morgan fingerprint density at radius 1 is 1.05 bits per heavy atom. The number of para-hydroxylation sites is 1. The van der Waals surface area contributed by atoms with Crippen molar-refractivity contribution in [3.8, 4) is 11.5 Å². The van der Waals surface area contributed by atoms with Crippen molar-refractivity contribution in [1.29, 1.82) is 0 Å². The number of pyridine rings is 1. The number of rotatable bonds is 3. The van der Waals surface area contributed by atoms with Crippen LogP contribution in [0, 0.1) is 0 Å². The smallest absolute Gasteiger partial charge is 0.150 e. The van der Waals surface area contributed by atoms with Gasteiger partial charge in [0.05, 0.1) is 5.69 Å². The Bertz CT molecular complexity index is 559. The first-order valence-corrected chi connectivity index (χ1v) is 6.43. The molecule has 1 aromatic carbocycles. The summed E-state index contributed by atoms with van der Waals surface area (Å²) in [4.78, 5) is 4.24. The zero-order valence-electron chi connectivity index (χ0n) is 11.7. The molecule has 0 aliphatic carbocycles. The molecule has 100 valence electrons. The number of hydrogen-bond donors (Lipinski definition) is 1. The fraction of sp³-hybridized carbons (Fsp3) is 0.312. The van der Waals surface area contributed by atoms with Gasteiger partial charge in [0.2, 0.25) is 0 Å². The molecule has 1 heterocycles. The third kappa shape index (κ3) is 3.12. The molecule has 0 atom stereocenters. The molecule has 0 radical (unpaired) electrons. The lowest BCUT2D eigenvalue weighted by Crippen LogP contribution is -2.12. The van der Waals surface area contributed by atoms with Crippen molar-refractivity contribution in [2.75, 3.05) is 0 Å². The van der Waals surface area contributed by atoms with E-state index < -0.39 is 0 Å². The van der Waals surface area contributed by atoms with Gasteiger partial charge in [-0.25, -0.2) is 0 Å². The summed E-state index contributed by atoms with van der Waals surface area (Å²) in [5.41, 5.74) is 7.65. The quantitative estimate of drug-likeness (QED) is 0.912. The molecule has 2 rings (SSSR count). The average molecular weight is 256 g/mol. The van der Waals surface area contributed by atoms with Gasteiger partial charge in [-0.1, -0.05) is 39.0 Å². The lowest BCUT2D eigenvalue weighted by atomic mass is 9.86. The molecular formula is C16H20N2O. The largest absolute Gasteiger partial charge is 0.455 e. The van der Waals surface area contributed by atoms with E-state index in [1.54, 1.807) is 6.20 Å². The van der Waals surface area contributed by atoms with Gasteiger partial charge in [-0.3, -0.25) is 4.98 Å². The minimum atomic E-state index is 0.0294. The number of nitrogens with two attached hydrogens (primary N) is 1. The van der Waals surface area contributed by atoms with Gasteiger partial charge >= 0.3 is 0 Å². The molecule has 3 heteroatoms. The first kappa shape index (κ1) is 13.6. The zero-order chi connectivity index (χ0) is 13.9. The maximum atomic E-state index is 6.02. The number of nitrogens with zero attached hydrogens (tertiary/aromatic N) is 1. The van der Waals surface area contributed by atoms with Crippen LogP contribution in [0.5, 0.6) is 11.5 Å². The normalized spacial score (nSPS) is 11.4. The van der Waals surface area contributed by atoms with Crippen LogP contribution in [0.2, 0.25) is 0 Å². The summed E-state index contributed by atoms with van der Waals surface area (Å²) >= 11 is 0. The summed E-state index contributed by atoms with van der Waals surface area (Å²) in [6, 6.07) is 11.8. The summed E-state index contributed by atoms with van der Waals surface area (Å²) in [7, 11) is 0. The molecule has 0 amide bonds. The second-order valence-electron chi connectivity index (χ2n) is 5.50. The highest BCUT2D eigenvalue weighted by Gasteiger charge is 2.19. The van der Waals surface area contributed by atoms with Crippen molar-refractivity contribution in [3.63, 3.8) is 0 Å². The lowest BCUT2D eigenvalue weighted by molar-refractivity contribution is 0.448. The molecule has 2 aromatic rings. The van der Waals surface area contributed by atoms with Crippen molar-refractivity contribution in [2.24, 2.45) is 5.73 Å². The summed E-state index contributed by atoms with van der Waals surface area (Å²) in [5.74, 6) is 1.58. The van der Waals surface area contributed by atoms with Crippen LogP contribution < -0.4 is 10.5 Å². The van der Waals surface area contributed by atoms with Crippen molar-refractivity contribution in [1.82, 2.24) is 4.98 Å². The molecule has 0 spiro atoms. The summed E-state index contributed by atoms with van der Waals surface area (Å²) in [6.07, 6.45) is 1.73. The van der Waals surface area contributed by atoms with E-state index in [-0.39, 0.29) is 5.41 Å². The van der Waals surface area contributed by atoms with E-state index in [9.17, 15) is 0 Å². The van der Waals surface area contributed by atoms with Crippen molar-refractivity contribution >= 4 is 0 Å². The molecule has 0 bridgehead atoms. The van der Waals surface area contributed by atoms with Crippen LogP contribution in [0.15, 0.2) is 42.6 Å². The Morgan fingerprint density at radius 3 is 2.42 bits per heavy atom. The van der Waals surface area contributed by atoms with Crippen LogP contribution >= 0.6 is 0 Å². The van der Waals surface area contributed by atoms with Crippen molar-refractivity contribution in [3.05, 3.63) is 53.9 Å². The number of hydrogen-bond acceptors (Lipinski definition) is 3. The molecule has 1 aromatic heterocycles. The maximum absolute atomic E-state index is 6.02. The van der Waals surface area contributed by atoms with E-state index in [0.717, 1.165) is 17.2 Å². The summed E-state index contributed by atoms with van der Waals surface area (Å²) in [6.45, 7) is 6.88. The second kappa shape index (κ2) is 5.41. The molecule has 0 aliphatic heterocycles. The number of benzene rings is 1. The van der Waals surface area contributed by atoms with Gasteiger partial charge < -0.3 is 10.5 Å². The van der Waals surface area contributed by atoms with Gasteiger partial charge in [-0.2, -0.15) is 0 Å². The molecule has 0 fully saturated rings. The van der Waals surface area contributed by atoms with Gasteiger partial charge in [-0.15, -0.1) is 0 Å². The van der Waals surface area contributed by atoms with E-state index in [4.69, 9.17) is 10.5 Å². The van der Waals surface area contributed by atoms with Gasteiger partial charge in [-0.05, 0) is 23.6 Å². The monoisotopic (exact) mass is 256 g/mol. The van der Waals surface area contributed by atoms with Crippen molar-refractivity contribution in [2.45, 2.75) is 32.7 Å². The molecule has 3 nitrogen and oxygen atoms in total. The molecular weight excluding hydrogens is 236 g/mol. The fourth-order valence-corrected chi connectivity index (χ4v) is 1.96. The topological polar surface area (TPSA) is 48.1 Å². The predicted octanol–water partition coefficient (Wildman–Crippen LogP) is 3.63. The van der Waals surface area contributed by atoms with E-state index in [1.807, 2.05) is 30.3 Å². The van der Waals surface area contributed by atoms with Crippen LogP contribution in [-0.4, -0.2) is 4.98 Å². The molecule has 19 heavy (non-hydrogen) atoms. The zero-order valence-corrected chi connectivity index (χ0v) is 11.7. The standard InChI is InChI=1S/C16H20N2O/c1-16(2,3)12-7-4-5-8-14(12)19-15-9-6-10-18-13(15)11-17/h4-10H,11,17H2,1-3H3. The Morgan fingerprint density at radius 2 is 1.74 bits per heavy atom. The minimum Gasteiger partial charge on any atom is -0.455 e. The Hall–Kier alpha value is -1.87. The molecule has 0 saturated heterocycles. The minimum absolute atomic E-state index is 0.0294. The summed E-state index contributed by atoms with van der Waals surface area (Å²) < 4.78 is 6.02. The highest BCUT2D eigenvalue weighted by atomic mass is 16.5. The van der Waals surface area contributed by atoms with Crippen molar-refractivity contribution < 1.29 is 4.74 Å². The van der Waals surface area contributed by atoms with E-state index in [2.05, 4.69) is 31.8 Å². The van der Waals surface area contributed by atoms with E-state index in [1.165, 1.54) is 5.56 Å². The van der Waals surface area contributed by atoms with E-state index in [0.29, 0.717) is 6.54 Å². The Balaban J connectivity index is 2.39. The van der Waals surface area contributed by atoms with Crippen LogP contribution in [0.25, 0.3) is 0 Å².